The maximum absolute atomic E-state index is 12.3. The van der Waals surface area contributed by atoms with Crippen molar-refractivity contribution in [2.75, 3.05) is 13.9 Å². The monoisotopic (exact) mass is 352 g/mol. The Hall–Kier alpha value is -2.95. The molecule has 0 saturated heterocycles. The van der Waals surface area contributed by atoms with E-state index in [4.69, 9.17) is 18.9 Å². The van der Waals surface area contributed by atoms with E-state index in [1.54, 1.807) is 13.2 Å². The van der Waals surface area contributed by atoms with Crippen LogP contribution in [0.4, 0.5) is 0 Å². The summed E-state index contributed by atoms with van der Waals surface area (Å²) in [4.78, 5) is 12.3. The number of fused-ring (bicyclic) bond motifs is 8. The number of hydrogen-bond donors (Lipinski definition) is 0. The molecular formula is C21H20O5. The first kappa shape index (κ1) is 16.5. The average molecular weight is 352 g/mol. The molecule has 0 aromatic heterocycles. The van der Waals surface area contributed by atoms with Crippen molar-refractivity contribution in [3.63, 3.8) is 0 Å². The third-order valence-electron chi connectivity index (χ3n) is 4.55. The lowest BCUT2D eigenvalue weighted by atomic mass is 10.0. The van der Waals surface area contributed by atoms with Crippen molar-refractivity contribution in [1.82, 2.24) is 0 Å². The maximum Gasteiger partial charge on any atom is 0.231 e. The molecule has 0 atom stereocenters. The minimum atomic E-state index is 0.0478. The van der Waals surface area contributed by atoms with Crippen LogP contribution in [-0.4, -0.2) is 19.7 Å². The molecule has 2 aromatic rings. The highest BCUT2D eigenvalue weighted by Crippen LogP contribution is 2.44. The van der Waals surface area contributed by atoms with Gasteiger partial charge < -0.3 is 18.9 Å². The Morgan fingerprint density at radius 1 is 0.885 bits per heavy atom. The van der Waals surface area contributed by atoms with Crippen LogP contribution in [0, 0.1) is 0 Å². The average Bonchev–Trinajstić information content (AvgIpc) is 3.12. The molecule has 26 heavy (non-hydrogen) atoms. The first-order valence-electron chi connectivity index (χ1n) is 8.68. The van der Waals surface area contributed by atoms with Gasteiger partial charge in [0.15, 0.2) is 17.3 Å². The van der Waals surface area contributed by atoms with Gasteiger partial charge >= 0.3 is 0 Å². The lowest BCUT2D eigenvalue weighted by Crippen LogP contribution is -2.00. The van der Waals surface area contributed by atoms with Gasteiger partial charge in [-0.2, -0.15) is 0 Å². The molecule has 4 bridgehead atoms. The molecule has 0 radical (unpaired) electrons. The lowest BCUT2D eigenvalue weighted by Gasteiger charge is -2.11. The Morgan fingerprint density at radius 2 is 1.65 bits per heavy atom. The molecule has 3 aliphatic rings. The van der Waals surface area contributed by atoms with Crippen molar-refractivity contribution in [2.45, 2.75) is 25.7 Å². The zero-order chi connectivity index (χ0) is 17.9. The predicted molar refractivity (Wildman–Crippen MR) is 95.8 cm³/mol. The smallest absolute Gasteiger partial charge is 0.231 e. The summed E-state index contributed by atoms with van der Waals surface area (Å²) in [5, 5.41) is 0. The van der Waals surface area contributed by atoms with Gasteiger partial charge in [0, 0.05) is 18.9 Å². The fourth-order valence-corrected chi connectivity index (χ4v) is 3.12. The number of allylic oxidation sites excluding steroid dienone is 2. The second kappa shape index (κ2) is 7.12. The van der Waals surface area contributed by atoms with Gasteiger partial charge in [0.1, 0.15) is 5.75 Å². The number of carbonyl (C=O) groups excluding carboxylic acids is 1. The van der Waals surface area contributed by atoms with Gasteiger partial charge in [-0.1, -0.05) is 12.1 Å². The van der Waals surface area contributed by atoms with Crippen LogP contribution in [0.3, 0.4) is 0 Å². The topological polar surface area (TPSA) is 54.0 Å². The number of benzene rings is 2. The number of hydrogen-bond acceptors (Lipinski definition) is 5. The van der Waals surface area contributed by atoms with Crippen molar-refractivity contribution < 1.29 is 23.7 Å². The van der Waals surface area contributed by atoms with E-state index in [-0.39, 0.29) is 12.6 Å². The quantitative estimate of drug-likeness (QED) is 0.770. The van der Waals surface area contributed by atoms with Crippen molar-refractivity contribution in [3.8, 4) is 23.0 Å². The normalized spacial score (nSPS) is 18.3. The molecule has 2 aromatic carbocycles. The summed E-state index contributed by atoms with van der Waals surface area (Å²) in [7, 11) is 1.61. The van der Waals surface area contributed by atoms with Crippen LogP contribution in [0.15, 0.2) is 48.2 Å². The van der Waals surface area contributed by atoms with Crippen LogP contribution >= 0.6 is 0 Å². The van der Waals surface area contributed by atoms with Crippen molar-refractivity contribution >= 4 is 5.78 Å². The number of ketones is 1. The van der Waals surface area contributed by atoms with E-state index in [2.05, 4.69) is 0 Å². The SMILES string of the molecule is CO/C1=C/C(=O)CCc2cc3c(c(c2)Oc2ccc(cc2)CC1)OCO3. The molecule has 5 heteroatoms. The summed E-state index contributed by atoms with van der Waals surface area (Å²) in [6, 6.07) is 11.7. The standard InChI is InChI=1S/C21H20O5/c1-23-18-9-5-14-3-7-17(8-4-14)26-20-11-15(2-6-16(22)12-18)10-19-21(20)25-13-24-19/h3-4,7-8,10-12H,2,5-6,9,13H2,1H3/b18-12+. The summed E-state index contributed by atoms with van der Waals surface area (Å²) < 4.78 is 22.5. The Kier molecular flexibility index (Phi) is 4.52. The highest BCUT2D eigenvalue weighted by Gasteiger charge is 2.21. The molecule has 5 nitrogen and oxygen atoms in total. The van der Waals surface area contributed by atoms with Gasteiger partial charge in [0.05, 0.1) is 12.9 Å². The molecule has 5 rings (SSSR count). The first-order chi connectivity index (χ1) is 12.7. The van der Waals surface area contributed by atoms with E-state index >= 15 is 0 Å². The molecule has 134 valence electrons. The second-order valence-corrected chi connectivity index (χ2v) is 6.35. The zero-order valence-corrected chi connectivity index (χ0v) is 14.6. The van der Waals surface area contributed by atoms with Crippen LogP contribution in [0.25, 0.3) is 0 Å². The summed E-state index contributed by atoms with van der Waals surface area (Å²) in [6.07, 6.45) is 4.09. The molecule has 0 saturated carbocycles. The van der Waals surface area contributed by atoms with Gasteiger partial charge in [-0.3, -0.25) is 4.79 Å². The van der Waals surface area contributed by atoms with E-state index in [1.807, 2.05) is 36.4 Å². The summed E-state index contributed by atoms with van der Waals surface area (Å²) in [6.45, 7) is 0.174. The summed E-state index contributed by atoms with van der Waals surface area (Å²) in [5.41, 5.74) is 2.12. The minimum Gasteiger partial charge on any atom is -0.501 e. The van der Waals surface area contributed by atoms with Crippen LogP contribution in [0.1, 0.15) is 24.0 Å². The highest BCUT2D eigenvalue weighted by molar-refractivity contribution is 5.90. The van der Waals surface area contributed by atoms with E-state index in [0.29, 0.717) is 42.3 Å². The summed E-state index contributed by atoms with van der Waals surface area (Å²) >= 11 is 0. The molecule has 0 N–H and O–H groups in total. The molecule has 3 aliphatic heterocycles. The van der Waals surface area contributed by atoms with Crippen molar-refractivity contribution in [3.05, 3.63) is 59.4 Å². The molecule has 0 unspecified atom stereocenters. The van der Waals surface area contributed by atoms with Gasteiger partial charge in [0.25, 0.3) is 0 Å². The van der Waals surface area contributed by atoms with E-state index < -0.39 is 0 Å². The third-order valence-corrected chi connectivity index (χ3v) is 4.55. The zero-order valence-electron chi connectivity index (χ0n) is 14.6. The maximum atomic E-state index is 12.3. The number of methoxy groups -OCH3 is 1. The van der Waals surface area contributed by atoms with Crippen molar-refractivity contribution in [1.29, 1.82) is 0 Å². The van der Waals surface area contributed by atoms with E-state index in [0.717, 1.165) is 23.3 Å². The largest absolute Gasteiger partial charge is 0.501 e. The number of aryl methyl sites for hydroxylation is 2. The molecule has 0 aliphatic carbocycles. The molecular weight excluding hydrogens is 332 g/mol. The lowest BCUT2D eigenvalue weighted by molar-refractivity contribution is -0.114. The van der Waals surface area contributed by atoms with E-state index in [9.17, 15) is 4.79 Å². The highest BCUT2D eigenvalue weighted by atomic mass is 16.7. The Bertz CT molecular complexity index is 851. The second-order valence-electron chi connectivity index (χ2n) is 6.35. The Balaban J connectivity index is 1.72. The molecule has 0 amide bonds. The first-order valence-corrected chi connectivity index (χ1v) is 8.68. The summed E-state index contributed by atoms with van der Waals surface area (Å²) in [5.74, 6) is 3.35. The fraction of sp³-hybridized carbons (Fsp3) is 0.286. The predicted octanol–water partition coefficient (Wildman–Crippen LogP) is 4.19. The van der Waals surface area contributed by atoms with Gasteiger partial charge in [-0.25, -0.2) is 0 Å². The third kappa shape index (κ3) is 3.52. The molecule has 3 heterocycles. The van der Waals surface area contributed by atoms with Crippen LogP contribution in [0.2, 0.25) is 0 Å². The Labute approximate surface area is 152 Å². The van der Waals surface area contributed by atoms with E-state index in [1.165, 1.54) is 0 Å². The fourth-order valence-electron chi connectivity index (χ4n) is 3.12. The molecule has 0 spiro atoms. The Morgan fingerprint density at radius 3 is 2.46 bits per heavy atom. The van der Waals surface area contributed by atoms with Crippen molar-refractivity contribution in [2.24, 2.45) is 0 Å². The number of carbonyl (C=O) groups is 1. The van der Waals surface area contributed by atoms with Crippen LogP contribution in [0.5, 0.6) is 23.0 Å². The van der Waals surface area contributed by atoms with Gasteiger partial charge in [-0.05, 0) is 48.2 Å². The minimum absolute atomic E-state index is 0.0478. The molecule has 0 fully saturated rings. The number of ether oxygens (including phenoxy) is 4. The number of rotatable bonds is 1. The van der Waals surface area contributed by atoms with Crippen LogP contribution in [-0.2, 0) is 22.4 Å². The van der Waals surface area contributed by atoms with Crippen LogP contribution < -0.4 is 14.2 Å². The van der Waals surface area contributed by atoms with Gasteiger partial charge in [0.2, 0.25) is 12.5 Å². The van der Waals surface area contributed by atoms with Gasteiger partial charge in [-0.15, -0.1) is 0 Å².